The number of carboxylic acid groups (broad SMARTS) is 1. The first-order valence-corrected chi connectivity index (χ1v) is 9.21. The van der Waals surface area contributed by atoms with Crippen molar-refractivity contribution in [2.75, 3.05) is 19.8 Å². The van der Waals surface area contributed by atoms with Gasteiger partial charge in [0, 0.05) is 17.6 Å². The Kier molecular flexibility index (Phi) is 6.02. The summed E-state index contributed by atoms with van der Waals surface area (Å²) in [4.78, 5) is 10.7. The predicted molar refractivity (Wildman–Crippen MR) is 86.2 cm³/mol. The number of carbonyl (C=O) groups is 1. The summed E-state index contributed by atoms with van der Waals surface area (Å²) in [6, 6.07) is 4.32. The zero-order valence-corrected chi connectivity index (χ0v) is 14.4. The quantitative estimate of drug-likeness (QED) is 0.840. The molecule has 0 radical (unpaired) electrons. The Morgan fingerprint density at radius 2 is 2.17 bits per heavy atom. The Balaban J connectivity index is 2.20. The highest BCUT2D eigenvalue weighted by Crippen LogP contribution is 2.28. The van der Waals surface area contributed by atoms with Crippen LogP contribution in [0.2, 0.25) is 5.02 Å². The summed E-state index contributed by atoms with van der Waals surface area (Å²) < 4.78 is 32.2. The Hall–Kier alpha value is -1.15. The maximum absolute atomic E-state index is 12.9. The van der Waals surface area contributed by atoms with Crippen LogP contribution < -0.4 is 0 Å². The second-order valence-corrected chi connectivity index (χ2v) is 7.88. The highest BCUT2D eigenvalue weighted by Gasteiger charge is 2.33. The molecule has 0 amide bonds. The monoisotopic (exact) mass is 361 g/mol. The first-order chi connectivity index (χ1) is 10.8. The minimum Gasteiger partial charge on any atom is -0.480 e. The minimum atomic E-state index is -3.68. The fourth-order valence-corrected chi connectivity index (χ4v) is 4.56. The highest BCUT2D eigenvalue weighted by atomic mass is 35.5. The predicted octanol–water partition coefficient (Wildman–Crippen LogP) is 2.29. The minimum absolute atomic E-state index is 0.0745. The third kappa shape index (κ3) is 4.44. The van der Waals surface area contributed by atoms with Crippen molar-refractivity contribution >= 4 is 27.6 Å². The fourth-order valence-electron chi connectivity index (χ4n) is 2.61. The largest absolute Gasteiger partial charge is 0.480 e. The van der Waals surface area contributed by atoms with Crippen LogP contribution in [0.15, 0.2) is 23.1 Å². The number of hydrogen-bond acceptors (Lipinski definition) is 4. The number of piperidine rings is 1. The van der Waals surface area contributed by atoms with E-state index in [1.165, 1.54) is 10.4 Å². The Morgan fingerprint density at radius 1 is 1.43 bits per heavy atom. The van der Waals surface area contributed by atoms with Gasteiger partial charge in [0.2, 0.25) is 10.0 Å². The number of nitrogens with zero attached hydrogens (tertiary/aromatic N) is 1. The number of rotatable bonds is 6. The van der Waals surface area contributed by atoms with Crippen molar-refractivity contribution in [2.24, 2.45) is 0 Å². The van der Waals surface area contributed by atoms with Crippen molar-refractivity contribution in [3.05, 3.63) is 28.8 Å². The van der Waals surface area contributed by atoms with E-state index in [4.69, 9.17) is 21.4 Å². The topological polar surface area (TPSA) is 83.9 Å². The van der Waals surface area contributed by atoms with Gasteiger partial charge in [0.15, 0.2) is 0 Å². The summed E-state index contributed by atoms with van der Waals surface area (Å²) in [6.45, 7) is 1.85. The number of carboxylic acids is 1. The second kappa shape index (κ2) is 7.61. The molecule has 0 spiro atoms. The van der Waals surface area contributed by atoms with Gasteiger partial charge in [-0.05, 0) is 37.5 Å². The lowest BCUT2D eigenvalue weighted by molar-refractivity contribution is -0.142. The molecule has 1 aromatic carbocycles. The van der Waals surface area contributed by atoms with E-state index in [2.05, 4.69) is 0 Å². The van der Waals surface area contributed by atoms with E-state index < -0.39 is 22.6 Å². The summed E-state index contributed by atoms with van der Waals surface area (Å²) in [6.07, 6.45) is 2.31. The van der Waals surface area contributed by atoms with E-state index in [0.29, 0.717) is 18.0 Å². The van der Waals surface area contributed by atoms with Gasteiger partial charge >= 0.3 is 5.97 Å². The van der Waals surface area contributed by atoms with Crippen LogP contribution in [0.3, 0.4) is 0 Å². The van der Waals surface area contributed by atoms with Crippen LogP contribution in [0.1, 0.15) is 24.8 Å². The third-order valence-electron chi connectivity index (χ3n) is 3.86. The average molecular weight is 362 g/mol. The number of halogens is 1. The maximum Gasteiger partial charge on any atom is 0.329 e. The van der Waals surface area contributed by atoms with Crippen LogP contribution in [0.4, 0.5) is 0 Å². The molecule has 1 atom stereocenters. The van der Waals surface area contributed by atoms with Crippen molar-refractivity contribution < 1.29 is 23.1 Å². The molecule has 1 unspecified atom stereocenters. The maximum atomic E-state index is 12.9. The number of ether oxygens (including phenoxy) is 1. The van der Waals surface area contributed by atoms with E-state index in [9.17, 15) is 13.2 Å². The summed E-state index contributed by atoms with van der Waals surface area (Å²) in [5.74, 6) is -1.07. The standard InChI is InChI=1S/C15H20ClNO5S/c1-11-5-6-13(8-14(11)16)23(20,21)17-7-3-2-4-12(17)9-22-10-15(18)19/h5-6,8,12H,2-4,7,9-10H2,1H3,(H,18,19). The van der Waals surface area contributed by atoms with Crippen LogP contribution in [0, 0.1) is 6.92 Å². The number of sulfonamides is 1. The number of aryl methyl sites for hydroxylation is 1. The molecule has 1 aliphatic heterocycles. The lowest BCUT2D eigenvalue weighted by Gasteiger charge is -2.34. The van der Waals surface area contributed by atoms with Gasteiger partial charge in [-0.15, -0.1) is 0 Å². The molecule has 2 rings (SSSR count). The summed E-state index contributed by atoms with van der Waals surface area (Å²) >= 11 is 6.04. The number of aliphatic carboxylic acids is 1. The average Bonchev–Trinajstić information content (AvgIpc) is 2.50. The first kappa shape index (κ1) is 18.2. The van der Waals surface area contributed by atoms with E-state index >= 15 is 0 Å². The van der Waals surface area contributed by atoms with Crippen LogP contribution >= 0.6 is 11.6 Å². The van der Waals surface area contributed by atoms with Gasteiger partial charge in [-0.1, -0.05) is 24.1 Å². The fraction of sp³-hybridized carbons (Fsp3) is 0.533. The molecule has 0 aromatic heterocycles. The van der Waals surface area contributed by atoms with Crippen molar-refractivity contribution in [2.45, 2.75) is 37.1 Å². The van der Waals surface area contributed by atoms with Crippen molar-refractivity contribution in [1.29, 1.82) is 0 Å². The molecule has 1 saturated heterocycles. The van der Waals surface area contributed by atoms with Crippen LogP contribution in [0.25, 0.3) is 0 Å². The SMILES string of the molecule is Cc1ccc(S(=O)(=O)N2CCCCC2COCC(=O)O)cc1Cl. The van der Waals surface area contributed by atoms with Crippen molar-refractivity contribution in [3.63, 3.8) is 0 Å². The van der Waals surface area contributed by atoms with E-state index in [0.717, 1.165) is 18.4 Å². The summed E-state index contributed by atoms with van der Waals surface area (Å²) in [5.41, 5.74) is 0.811. The number of benzene rings is 1. The zero-order valence-electron chi connectivity index (χ0n) is 12.9. The van der Waals surface area contributed by atoms with E-state index in [1.807, 2.05) is 6.92 Å². The smallest absolute Gasteiger partial charge is 0.329 e. The normalized spacial score (nSPS) is 19.7. The summed E-state index contributed by atoms with van der Waals surface area (Å²) in [5, 5.41) is 9.04. The van der Waals surface area contributed by atoms with Crippen LogP contribution in [0.5, 0.6) is 0 Å². The Bertz CT molecular complexity index is 676. The van der Waals surface area contributed by atoms with Gasteiger partial charge in [0.1, 0.15) is 6.61 Å². The lowest BCUT2D eigenvalue weighted by atomic mass is 10.1. The molecule has 0 saturated carbocycles. The Labute approximate surface area is 141 Å². The van der Waals surface area contributed by atoms with Gasteiger partial charge in [0.05, 0.1) is 11.5 Å². The van der Waals surface area contributed by atoms with Gasteiger partial charge in [-0.3, -0.25) is 0 Å². The van der Waals surface area contributed by atoms with Gasteiger partial charge in [-0.2, -0.15) is 4.31 Å². The summed E-state index contributed by atoms with van der Waals surface area (Å²) in [7, 11) is -3.68. The molecule has 1 heterocycles. The van der Waals surface area contributed by atoms with Crippen molar-refractivity contribution in [3.8, 4) is 0 Å². The van der Waals surface area contributed by atoms with Crippen LogP contribution in [-0.4, -0.2) is 49.6 Å². The molecule has 23 heavy (non-hydrogen) atoms. The molecule has 1 aliphatic rings. The highest BCUT2D eigenvalue weighted by molar-refractivity contribution is 7.89. The molecule has 1 fully saturated rings. The van der Waals surface area contributed by atoms with Gasteiger partial charge in [0.25, 0.3) is 0 Å². The Morgan fingerprint density at radius 3 is 2.83 bits per heavy atom. The molecule has 1 aromatic rings. The van der Waals surface area contributed by atoms with Crippen molar-refractivity contribution in [1.82, 2.24) is 4.31 Å². The molecular formula is C15H20ClNO5S. The first-order valence-electron chi connectivity index (χ1n) is 7.40. The number of hydrogen-bond donors (Lipinski definition) is 1. The lowest BCUT2D eigenvalue weighted by Crippen LogP contribution is -2.46. The van der Waals surface area contributed by atoms with E-state index in [1.54, 1.807) is 12.1 Å². The molecule has 1 N–H and O–H groups in total. The molecule has 0 aliphatic carbocycles. The second-order valence-electron chi connectivity index (χ2n) is 5.59. The molecule has 6 nitrogen and oxygen atoms in total. The third-order valence-corrected chi connectivity index (χ3v) is 6.21. The van der Waals surface area contributed by atoms with Gasteiger partial charge in [-0.25, -0.2) is 13.2 Å². The molecule has 0 bridgehead atoms. The van der Waals surface area contributed by atoms with Gasteiger partial charge < -0.3 is 9.84 Å². The van der Waals surface area contributed by atoms with E-state index in [-0.39, 0.29) is 17.5 Å². The van der Waals surface area contributed by atoms with Crippen LogP contribution in [-0.2, 0) is 19.6 Å². The molecule has 128 valence electrons. The molecule has 8 heteroatoms. The molecular weight excluding hydrogens is 342 g/mol. The zero-order chi connectivity index (χ0) is 17.0.